The molecule has 0 spiro atoms. The number of nitrogens with zero attached hydrogens (tertiary/aromatic N) is 1. The first-order valence-electron chi connectivity index (χ1n) is 10.1. The zero-order valence-electron chi connectivity index (χ0n) is 17.5. The van der Waals surface area contributed by atoms with Crippen LogP contribution in [-0.4, -0.2) is 34.9 Å². The number of oxazole rings is 1. The van der Waals surface area contributed by atoms with E-state index in [1.54, 1.807) is 25.3 Å². The third-order valence-corrected chi connectivity index (χ3v) is 5.03. The van der Waals surface area contributed by atoms with E-state index >= 15 is 0 Å². The molecule has 1 aromatic carbocycles. The normalized spacial score (nSPS) is 13.2. The molecule has 0 saturated heterocycles. The van der Waals surface area contributed by atoms with Gasteiger partial charge in [-0.2, -0.15) is 0 Å². The largest absolute Gasteiger partial charge is 0.493 e. The Morgan fingerprint density at radius 2 is 1.97 bits per heavy atom. The van der Waals surface area contributed by atoms with Gasteiger partial charge in [-0.15, -0.1) is 0 Å². The third-order valence-electron chi connectivity index (χ3n) is 5.03. The molecule has 3 aromatic rings. The maximum absolute atomic E-state index is 11.7. The predicted octanol–water partition coefficient (Wildman–Crippen LogP) is 4.68. The Morgan fingerprint density at radius 1 is 1.20 bits per heavy atom. The summed E-state index contributed by atoms with van der Waals surface area (Å²) in [5.74, 6) is 1.56. The van der Waals surface area contributed by atoms with Crippen LogP contribution in [0.5, 0.6) is 5.75 Å². The van der Waals surface area contributed by atoms with Crippen LogP contribution in [0.4, 0.5) is 0 Å². The highest BCUT2D eigenvalue weighted by atomic mass is 16.5. The van der Waals surface area contributed by atoms with Crippen LogP contribution < -0.4 is 4.74 Å². The summed E-state index contributed by atoms with van der Waals surface area (Å²) in [6.45, 7) is 6.29. The number of ether oxygens (including phenoxy) is 2. The van der Waals surface area contributed by atoms with E-state index in [2.05, 4.69) is 4.98 Å². The molecule has 1 N–H and O–H groups in total. The average molecular weight is 413 g/mol. The SMILES string of the molecule is CCO[C@@](CC)(Cc1ccc(OCCc2nc(-c3ccco3)oc2C)cc1)C(=O)O. The van der Waals surface area contributed by atoms with Gasteiger partial charge in [0, 0.05) is 19.4 Å². The van der Waals surface area contributed by atoms with Crippen LogP contribution in [0.25, 0.3) is 11.7 Å². The van der Waals surface area contributed by atoms with Crippen LogP contribution in [0.3, 0.4) is 0 Å². The van der Waals surface area contributed by atoms with Gasteiger partial charge in [-0.25, -0.2) is 9.78 Å². The quantitative estimate of drug-likeness (QED) is 0.488. The lowest BCUT2D eigenvalue weighted by molar-refractivity contribution is -0.166. The van der Waals surface area contributed by atoms with Crippen LogP contribution >= 0.6 is 0 Å². The number of carboxylic acids is 1. The number of rotatable bonds is 11. The number of carbonyl (C=O) groups is 1. The fourth-order valence-electron chi connectivity index (χ4n) is 3.31. The van der Waals surface area contributed by atoms with Crippen molar-refractivity contribution in [3.05, 3.63) is 59.7 Å². The maximum Gasteiger partial charge on any atom is 0.336 e. The van der Waals surface area contributed by atoms with Crippen LogP contribution in [0, 0.1) is 6.92 Å². The van der Waals surface area contributed by atoms with Crippen molar-refractivity contribution in [1.29, 1.82) is 0 Å². The van der Waals surface area contributed by atoms with Crippen LogP contribution in [0.1, 0.15) is 37.3 Å². The monoisotopic (exact) mass is 413 g/mol. The molecular weight excluding hydrogens is 386 g/mol. The van der Waals surface area contributed by atoms with Crippen molar-refractivity contribution in [2.24, 2.45) is 0 Å². The van der Waals surface area contributed by atoms with Gasteiger partial charge >= 0.3 is 5.97 Å². The average Bonchev–Trinajstić information content (AvgIpc) is 3.39. The fraction of sp³-hybridized carbons (Fsp3) is 0.391. The summed E-state index contributed by atoms with van der Waals surface area (Å²) >= 11 is 0. The van der Waals surface area contributed by atoms with E-state index in [-0.39, 0.29) is 0 Å². The standard InChI is InChI=1S/C23H27NO6/c1-4-23(22(25)26,29-5-2)15-17-8-10-18(11-9-17)27-14-12-19-16(3)30-21(24-19)20-7-6-13-28-20/h6-11,13H,4-5,12,14-15H2,1-3H3,(H,25,26)/t23-/m0/s1. The summed E-state index contributed by atoms with van der Waals surface area (Å²) in [5, 5.41) is 9.61. The van der Waals surface area contributed by atoms with Crippen molar-refractivity contribution in [2.75, 3.05) is 13.2 Å². The van der Waals surface area contributed by atoms with Crippen molar-refractivity contribution >= 4 is 5.97 Å². The lowest BCUT2D eigenvalue weighted by Gasteiger charge is -2.28. The second-order valence-electron chi connectivity index (χ2n) is 7.00. The summed E-state index contributed by atoms with van der Waals surface area (Å²) in [6, 6.07) is 11.0. The minimum Gasteiger partial charge on any atom is -0.493 e. The predicted molar refractivity (Wildman–Crippen MR) is 111 cm³/mol. The number of aryl methyl sites for hydroxylation is 1. The molecule has 0 bridgehead atoms. The second-order valence-corrected chi connectivity index (χ2v) is 7.00. The number of carboxylic acid groups (broad SMARTS) is 1. The molecule has 160 valence electrons. The molecular formula is C23H27NO6. The van der Waals surface area contributed by atoms with Crippen LogP contribution in [-0.2, 0) is 22.4 Å². The van der Waals surface area contributed by atoms with E-state index in [9.17, 15) is 9.90 Å². The number of aromatic nitrogens is 1. The van der Waals surface area contributed by atoms with Crippen LogP contribution in [0.15, 0.2) is 51.5 Å². The summed E-state index contributed by atoms with van der Waals surface area (Å²) < 4.78 is 22.4. The molecule has 3 rings (SSSR count). The lowest BCUT2D eigenvalue weighted by atomic mass is 9.91. The summed E-state index contributed by atoms with van der Waals surface area (Å²) in [7, 11) is 0. The van der Waals surface area contributed by atoms with Gasteiger partial charge < -0.3 is 23.4 Å². The van der Waals surface area contributed by atoms with E-state index in [4.69, 9.17) is 18.3 Å². The number of furan rings is 1. The minimum atomic E-state index is -1.20. The third kappa shape index (κ3) is 4.91. The second kappa shape index (κ2) is 9.63. The molecule has 7 nitrogen and oxygen atoms in total. The molecule has 0 fully saturated rings. The molecule has 2 heterocycles. The van der Waals surface area contributed by atoms with Crippen molar-refractivity contribution < 1.29 is 28.2 Å². The first-order valence-corrected chi connectivity index (χ1v) is 10.1. The van der Waals surface area contributed by atoms with Gasteiger partial charge in [0.05, 0.1) is 18.6 Å². The Morgan fingerprint density at radius 3 is 2.57 bits per heavy atom. The number of hydrogen-bond acceptors (Lipinski definition) is 6. The van der Waals surface area contributed by atoms with E-state index in [1.165, 1.54) is 0 Å². The highest BCUT2D eigenvalue weighted by molar-refractivity contribution is 5.78. The lowest BCUT2D eigenvalue weighted by Crippen LogP contribution is -2.43. The summed E-state index contributed by atoms with van der Waals surface area (Å²) in [5.41, 5.74) is 0.507. The molecule has 0 unspecified atom stereocenters. The first-order chi connectivity index (χ1) is 14.5. The number of hydrogen-bond donors (Lipinski definition) is 1. The summed E-state index contributed by atoms with van der Waals surface area (Å²) in [6.07, 6.45) is 2.88. The van der Waals surface area contributed by atoms with Crippen molar-refractivity contribution in [3.8, 4) is 17.4 Å². The molecule has 0 aliphatic heterocycles. The Balaban J connectivity index is 1.57. The maximum atomic E-state index is 11.7. The van der Waals surface area contributed by atoms with Crippen molar-refractivity contribution in [2.45, 2.75) is 45.6 Å². The van der Waals surface area contributed by atoms with Crippen molar-refractivity contribution in [1.82, 2.24) is 4.98 Å². The van der Waals surface area contributed by atoms with E-state index in [0.717, 1.165) is 17.0 Å². The minimum absolute atomic E-state index is 0.306. The van der Waals surface area contributed by atoms with Crippen LogP contribution in [0.2, 0.25) is 0 Å². The van der Waals surface area contributed by atoms with Gasteiger partial charge in [0.2, 0.25) is 0 Å². The molecule has 2 aromatic heterocycles. The highest BCUT2D eigenvalue weighted by Gasteiger charge is 2.37. The molecule has 0 aliphatic carbocycles. The molecule has 30 heavy (non-hydrogen) atoms. The Labute approximate surface area is 175 Å². The van der Waals surface area contributed by atoms with Gasteiger partial charge in [0.15, 0.2) is 11.4 Å². The Hall–Kier alpha value is -3.06. The van der Waals surface area contributed by atoms with Gasteiger partial charge in [0.25, 0.3) is 5.89 Å². The number of aliphatic carboxylic acids is 1. The van der Waals surface area contributed by atoms with Gasteiger partial charge in [-0.1, -0.05) is 19.1 Å². The van der Waals surface area contributed by atoms with Gasteiger partial charge in [-0.05, 0) is 50.1 Å². The topological polar surface area (TPSA) is 94.9 Å². The van der Waals surface area contributed by atoms with E-state index in [1.807, 2.05) is 38.1 Å². The number of benzene rings is 1. The highest BCUT2D eigenvalue weighted by Crippen LogP contribution is 2.25. The van der Waals surface area contributed by atoms with E-state index in [0.29, 0.717) is 49.9 Å². The van der Waals surface area contributed by atoms with Crippen molar-refractivity contribution in [3.63, 3.8) is 0 Å². The van der Waals surface area contributed by atoms with E-state index < -0.39 is 11.6 Å². The smallest absolute Gasteiger partial charge is 0.336 e. The first kappa shape index (κ1) is 21.6. The molecule has 0 saturated carbocycles. The van der Waals surface area contributed by atoms with Gasteiger partial charge in [0.1, 0.15) is 11.5 Å². The molecule has 1 atom stereocenters. The molecule has 7 heteroatoms. The molecule has 0 amide bonds. The Kier molecular flexibility index (Phi) is 6.95. The zero-order valence-corrected chi connectivity index (χ0v) is 17.5. The molecule has 0 aliphatic rings. The Bertz CT molecular complexity index is 945. The fourth-order valence-corrected chi connectivity index (χ4v) is 3.31. The molecule has 0 radical (unpaired) electrons. The zero-order chi connectivity index (χ0) is 21.6. The van der Waals surface area contributed by atoms with Gasteiger partial charge in [-0.3, -0.25) is 0 Å². The summed E-state index contributed by atoms with van der Waals surface area (Å²) in [4.78, 5) is 16.2.